The number of anilines is 1. The van der Waals surface area contributed by atoms with Crippen LogP contribution in [0.15, 0.2) is 51.6 Å². The zero-order valence-electron chi connectivity index (χ0n) is 19.0. The van der Waals surface area contributed by atoms with Gasteiger partial charge in [-0.3, -0.25) is 4.79 Å². The maximum Gasteiger partial charge on any atom is 0.324 e. The van der Waals surface area contributed by atoms with Crippen molar-refractivity contribution in [3.05, 3.63) is 48.4 Å². The Labute approximate surface area is 193 Å². The molecule has 0 atom stereocenters. The molecule has 1 aromatic carbocycles. The van der Waals surface area contributed by atoms with Crippen LogP contribution in [0.3, 0.4) is 0 Å². The first-order chi connectivity index (χ1) is 16.2. The number of benzene rings is 1. The van der Waals surface area contributed by atoms with Crippen LogP contribution in [0.5, 0.6) is 5.75 Å². The number of furan rings is 1. The minimum Gasteiger partial charge on any atom is -0.497 e. The Morgan fingerprint density at radius 3 is 2.55 bits per heavy atom. The van der Waals surface area contributed by atoms with Crippen LogP contribution in [0.2, 0.25) is 0 Å². The van der Waals surface area contributed by atoms with Gasteiger partial charge in [0, 0.05) is 30.6 Å². The van der Waals surface area contributed by atoms with E-state index in [1.807, 2.05) is 36.4 Å². The van der Waals surface area contributed by atoms with E-state index in [0.29, 0.717) is 24.4 Å². The number of hydrogen-bond donors (Lipinski definition) is 0. The molecule has 0 N–H and O–H groups in total. The molecule has 8 nitrogen and oxygen atoms in total. The van der Waals surface area contributed by atoms with E-state index in [4.69, 9.17) is 13.7 Å². The third-order valence-corrected chi connectivity index (χ3v) is 6.83. The van der Waals surface area contributed by atoms with Crippen molar-refractivity contribution in [3.8, 4) is 17.1 Å². The first-order valence-electron chi connectivity index (χ1n) is 11.8. The fraction of sp³-hybridized carbons (Fsp3) is 0.480. The molecule has 2 fully saturated rings. The van der Waals surface area contributed by atoms with Crippen LogP contribution in [0, 0.1) is 5.92 Å². The maximum atomic E-state index is 13.5. The molecule has 1 saturated carbocycles. The molecular formula is C25H30N4O4. The standard InChI is InChI=1S/C25H30N4O4/c1-31-21-10-8-18(9-11-21)23-26-25(33-27-23)28-14-12-19(13-15-28)24(30)29(20-5-2-3-6-20)17-22-7-4-16-32-22/h4,7-11,16,19-20H,2-3,5-6,12-15,17H2,1H3. The summed E-state index contributed by atoms with van der Waals surface area (Å²) in [6, 6.07) is 12.2. The van der Waals surface area contributed by atoms with Gasteiger partial charge in [-0.25, -0.2) is 0 Å². The molecule has 2 aliphatic rings. The van der Waals surface area contributed by atoms with Gasteiger partial charge in [-0.05, 0) is 62.1 Å². The lowest BCUT2D eigenvalue weighted by atomic mass is 9.94. The fourth-order valence-electron chi connectivity index (χ4n) is 4.93. The van der Waals surface area contributed by atoms with Crippen molar-refractivity contribution >= 4 is 11.9 Å². The molecule has 5 rings (SSSR count). The highest BCUT2D eigenvalue weighted by molar-refractivity contribution is 5.79. The quantitative estimate of drug-likeness (QED) is 0.523. The molecule has 8 heteroatoms. The molecule has 1 aliphatic carbocycles. The van der Waals surface area contributed by atoms with Gasteiger partial charge < -0.3 is 23.5 Å². The molecule has 3 heterocycles. The van der Waals surface area contributed by atoms with Crippen LogP contribution in [-0.4, -0.2) is 47.2 Å². The van der Waals surface area contributed by atoms with E-state index in [-0.39, 0.29) is 11.8 Å². The van der Waals surface area contributed by atoms with Gasteiger partial charge in [-0.1, -0.05) is 18.0 Å². The number of amides is 1. The first kappa shape index (κ1) is 21.6. The average Bonchev–Trinajstić information content (AvgIpc) is 3.65. The fourth-order valence-corrected chi connectivity index (χ4v) is 4.93. The van der Waals surface area contributed by atoms with Gasteiger partial charge in [0.15, 0.2) is 0 Å². The summed E-state index contributed by atoms with van der Waals surface area (Å²) in [7, 11) is 1.64. The summed E-state index contributed by atoms with van der Waals surface area (Å²) < 4.78 is 16.3. The summed E-state index contributed by atoms with van der Waals surface area (Å²) in [4.78, 5) is 22.2. The van der Waals surface area contributed by atoms with Gasteiger partial charge >= 0.3 is 6.01 Å². The summed E-state index contributed by atoms with van der Waals surface area (Å²) in [5.74, 6) is 2.46. The SMILES string of the molecule is COc1ccc(-c2noc(N3CCC(C(=O)N(Cc4ccco4)C4CCCC4)CC3)n2)cc1. The number of ether oxygens (including phenoxy) is 1. The molecule has 0 unspecified atom stereocenters. The zero-order valence-corrected chi connectivity index (χ0v) is 19.0. The van der Waals surface area contributed by atoms with Crippen LogP contribution < -0.4 is 9.64 Å². The lowest BCUT2D eigenvalue weighted by molar-refractivity contribution is -0.139. The largest absolute Gasteiger partial charge is 0.497 e. The summed E-state index contributed by atoms with van der Waals surface area (Å²) in [5.41, 5.74) is 0.876. The van der Waals surface area contributed by atoms with Gasteiger partial charge in [0.05, 0.1) is 19.9 Å². The number of methoxy groups -OCH3 is 1. The maximum absolute atomic E-state index is 13.5. The summed E-state index contributed by atoms with van der Waals surface area (Å²) in [5, 5.41) is 4.14. The molecule has 1 saturated heterocycles. The van der Waals surface area contributed by atoms with Crippen molar-refractivity contribution in [3.63, 3.8) is 0 Å². The van der Waals surface area contributed by atoms with Crippen molar-refractivity contribution in [2.75, 3.05) is 25.1 Å². The first-order valence-corrected chi connectivity index (χ1v) is 11.8. The molecule has 1 aliphatic heterocycles. The summed E-state index contributed by atoms with van der Waals surface area (Å²) >= 11 is 0. The Kier molecular flexibility index (Phi) is 6.32. The number of carbonyl (C=O) groups excluding carboxylic acids is 1. The molecule has 174 valence electrons. The highest BCUT2D eigenvalue weighted by Gasteiger charge is 2.34. The van der Waals surface area contributed by atoms with E-state index >= 15 is 0 Å². The average molecular weight is 451 g/mol. The van der Waals surface area contributed by atoms with E-state index < -0.39 is 0 Å². The van der Waals surface area contributed by atoms with Crippen LogP contribution in [0.25, 0.3) is 11.4 Å². The second-order valence-electron chi connectivity index (χ2n) is 8.87. The van der Waals surface area contributed by atoms with Crippen LogP contribution in [0.1, 0.15) is 44.3 Å². The summed E-state index contributed by atoms with van der Waals surface area (Å²) in [6.07, 6.45) is 7.79. The predicted octanol–water partition coefficient (Wildman–Crippen LogP) is 4.53. The number of nitrogens with zero attached hydrogens (tertiary/aromatic N) is 4. The van der Waals surface area contributed by atoms with E-state index in [1.54, 1.807) is 13.4 Å². The second-order valence-corrected chi connectivity index (χ2v) is 8.87. The van der Waals surface area contributed by atoms with Gasteiger partial charge in [0.2, 0.25) is 11.7 Å². The number of rotatable bonds is 7. The van der Waals surface area contributed by atoms with Crippen molar-refractivity contribution in [2.45, 2.75) is 51.1 Å². The third-order valence-electron chi connectivity index (χ3n) is 6.83. The summed E-state index contributed by atoms with van der Waals surface area (Å²) in [6.45, 7) is 2.01. The van der Waals surface area contributed by atoms with E-state index in [1.165, 1.54) is 12.8 Å². The normalized spacial score (nSPS) is 17.4. The Balaban J connectivity index is 1.21. The topological polar surface area (TPSA) is 84.8 Å². The Morgan fingerprint density at radius 2 is 1.88 bits per heavy atom. The van der Waals surface area contributed by atoms with E-state index in [2.05, 4.69) is 19.9 Å². The molecule has 2 aromatic heterocycles. The smallest absolute Gasteiger partial charge is 0.324 e. The molecule has 33 heavy (non-hydrogen) atoms. The third kappa shape index (κ3) is 4.74. The Bertz CT molecular complexity index is 1030. The molecular weight excluding hydrogens is 420 g/mol. The molecule has 0 spiro atoms. The number of aromatic nitrogens is 2. The lowest BCUT2D eigenvalue weighted by Crippen LogP contribution is -2.45. The van der Waals surface area contributed by atoms with Crippen LogP contribution >= 0.6 is 0 Å². The van der Waals surface area contributed by atoms with Crippen molar-refractivity contribution in [1.82, 2.24) is 15.0 Å². The highest BCUT2D eigenvalue weighted by Crippen LogP contribution is 2.30. The van der Waals surface area contributed by atoms with Crippen LogP contribution in [-0.2, 0) is 11.3 Å². The van der Waals surface area contributed by atoms with Gasteiger partial charge in [0.25, 0.3) is 0 Å². The van der Waals surface area contributed by atoms with Crippen LogP contribution in [0.4, 0.5) is 6.01 Å². The zero-order chi connectivity index (χ0) is 22.6. The molecule has 0 bridgehead atoms. The minimum absolute atomic E-state index is 0.0146. The highest BCUT2D eigenvalue weighted by atomic mass is 16.5. The van der Waals surface area contributed by atoms with Crippen molar-refractivity contribution in [1.29, 1.82) is 0 Å². The monoisotopic (exact) mass is 450 g/mol. The van der Waals surface area contributed by atoms with Crippen molar-refractivity contribution < 1.29 is 18.5 Å². The molecule has 1 amide bonds. The lowest BCUT2D eigenvalue weighted by Gasteiger charge is -2.35. The minimum atomic E-state index is 0.0146. The number of hydrogen-bond acceptors (Lipinski definition) is 7. The second kappa shape index (κ2) is 9.68. The predicted molar refractivity (Wildman–Crippen MR) is 123 cm³/mol. The molecule has 3 aromatic rings. The van der Waals surface area contributed by atoms with E-state index in [9.17, 15) is 4.79 Å². The number of piperidine rings is 1. The molecule has 0 radical (unpaired) electrons. The Morgan fingerprint density at radius 1 is 1.12 bits per heavy atom. The number of carbonyl (C=O) groups is 1. The van der Waals surface area contributed by atoms with Gasteiger partial charge in [-0.2, -0.15) is 4.98 Å². The van der Waals surface area contributed by atoms with Gasteiger partial charge in [0.1, 0.15) is 11.5 Å². The Hall–Kier alpha value is -3.29. The van der Waals surface area contributed by atoms with E-state index in [0.717, 1.165) is 55.8 Å². The van der Waals surface area contributed by atoms with Crippen molar-refractivity contribution in [2.24, 2.45) is 5.92 Å². The van der Waals surface area contributed by atoms with Gasteiger partial charge in [-0.15, -0.1) is 0 Å².